The molecule has 0 saturated carbocycles. The fourth-order valence-corrected chi connectivity index (χ4v) is 2.35. The predicted octanol–water partition coefficient (Wildman–Crippen LogP) is 3.18. The minimum absolute atomic E-state index is 0.130. The second-order valence-corrected chi connectivity index (χ2v) is 5.47. The molecule has 2 aromatic rings. The van der Waals surface area contributed by atoms with Crippen LogP contribution in [0.25, 0.3) is 6.08 Å². The Morgan fingerprint density at radius 3 is 2.76 bits per heavy atom. The standard InChI is InChI=1S/C16H18N2O2S/c1-3-20-15-7-4-13(5-8-15)6-9-16(19)17-10-14-11-21-12(2)18-14/h4-9,11H,3,10H2,1-2H3,(H,17,19)/b9-6+. The van der Waals surface area contributed by atoms with E-state index < -0.39 is 0 Å². The van der Waals surface area contributed by atoms with Gasteiger partial charge in [-0.15, -0.1) is 11.3 Å². The number of carbonyl (C=O) groups is 1. The molecule has 1 N–H and O–H groups in total. The van der Waals surface area contributed by atoms with E-state index in [4.69, 9.17) is 4.74 Å². The van der Waals surface area contributed by atoms with E-state index in [0.717, 1.165) is 22.0 Å². The average molecular weight is 302 g/mol. The number of aryl methyl sites for hydroxylation is 1. The van der Waals surface area contributed by atoms with Crippen LogP contribution < -0.4 is 10.1 Å². The molecule has 0 radical (unpaired) electrons. The molecule has 4 nitrogen and oxygen atoms in total. The van der Waals surface area contributed by atoms with Gasteiger partial charge in [-0.1, -0.05) is 12.1 Å². The Balaban J connectivity index is 1.83. The van der Waals surface area contributed by atoms with Gasteiger partial charge in [-0.3, -0.25) is 4.79 Å². The number of nitrogens with one attached hydrogen (secondary N) is 1. The van der Waals surface area contributed by atoms with Crippen LogP contribution in [0, 0.1) is 6.92 Å². The van der Waals surface area contributed by atoms with Gasteiger partial charge < -0.3 is 10.1 Å². The van der Waals surface area contributed by atoms with Crippen molar-refractivity contribution in [3.8, 4) is 5.75 Å². The molecule has 0 aliphatic rings. The highest BCUT2D eigenvalue weighted by Crippen LogP contribution is 2.13. The lowest BCUT2D eigenvalue weighted by molar-refractivity contribution is -0.116. The van der Waals surface area contributed by atoms with Crippen molar-refractivity contribution in [1.29, 1.82) is 0 Å². The van der Waals surface area contributed by atoms with Gasteiger partial charge in [-0.25, -0.2) is 4.98 Å². The maximum absolute atomic E-state index is 11.7. The summed E-state index contributed by atoms with van der Waals surface area (Å²) in [5, 5.41) is 5.76. The van der Waals surface area contributed by atoms with E-state index in [1.54, 1.807) is 17.4 Å². The van der Waals surface area contributed by atoms with Gasteiger partial charge >= 0.3 is 0 Å². The lowest BCUT2D eigenvalue weighted by atomic mass is 10.2. The van der Waals surface area contributed by atoms with Crippen LogP contribution in [0.2, 0.25) is 0 Å². The number of amides is 1. The van der Waals surface area contributed by atoms with Crippen molar-refractivity contribution >= 4 is 23.3 Å². The summed E-state index contributed by atoms with van der Waals surface area (Å²) in [7, 11) is 0. The zero-order chi connectivity index (χ0) is 15.1. The Morgan fingerprint density at radius 1 is 1.38 bits per heavy atom. The maximum Gasteiger partial charge on any atom is 0.244 e. The van der Waals surface area contributed by atoms with E-state index in [2.05, 4.69) is 10.3 Å². The molecule has 0 saturated heterocycles. The second kappa shape index (κ2) is 7.59. The van der Waals surface area contributed by atoms with Crippen molar-refractivity contribution in [2.45, 2.75) is 20.4 Å². The van der Waals surface area contributed by atoms with Crippen molar-refractivity contribution < 1.29 is 9.53 Å². The first kappa shape index (κ1) is 15.3. The van der Waals surface area contributed by atoms with Crippen LogP contribution >= 0.6 is 11.3 Å². The Hall–Kier alpha value is -2.14. The molecule has 0 aliphatic heterocycles. The number of ether oxygens (including phenoxy) is 1. The molecule has 1 aromatic carbocycles. The number of hydrogen-bond acceptors (Lipinski definition) is 4. The summed E-state index contributed by atoms with van der Waals surface area (Å²) in [5.74, 6) is 0.701. The predicted molar refractivity (Wildman–Crippen MR) is 85.3 cm³/mol. The van der Waals surface area contributed by atoms with Crippen LogP contribution in [-0.4, -0.2) is 17.5 Å². The molecule has 0 fully saturated rings. The van der Waals surface area contributed by atoms with E-state index in [0.29, 0.717) is 13.2 Å². The van der Waals surface area contributed by atoms with Gasteiger partial charge in [0.2, 0.25) is 5.91 Å². The molecule has 1 aromatic heterocycles. The molecule has 5 heteroatoms. The number of carbonyl (C=O) groups excluding carboxylic acids is 1. The number of hydrogen-bond donors (Lipinski definition) is 1. The summed E-state index contributed by atoms with van der Waals surface area (Å²) in [4.78, 5) is 16.0. The molecule has 1 amide bonds. The molecule has 0 atom stereocenters. The van der Waals surface area contributed by atoms with Gasteiger partial charge in [0.15, 0.2) is 0 Å². The summed E-state index contributed by atoms with van der Waals surface area (Å²) in [6.45, 7) is 4.99. The third kappa shape index (κ3) is 5.04. The average Bonchev–Trinajstić information content (AvgIpc) is 2.90. The lowest BCUT2D eigenvalue weighted by Crippen LogP contribution is -2.20. The van der Waals surface area contributed by atoms with E-state index in [9.17, 15) is 4.79 Å². The zero-order valence-corrected chi connectivity index (χ0v) is 12.9. The summed E-state index contributed by atoms with van der Waals surface area (Å²) in [6, 6.07) is 7.61. The van der Waals surface area contributed by atoms with Gasteiger partial charge in [0.25, 0.3) is 0 Å². The Morgan fingerprint density at radius 2 is 2.14 bits per heavy atom. The molecular formula is C16H18N2O2S. The quantitative estimate of drug-likeness (QED) is 0.834. The minimum Gasteiger partial charge on any atom is -0.494 e. The summed E-state index contributed by atoms with van der Waals surface area (Å²) in [6.07, 6.45) is 3.30. The molecule has 0 unspecified atom stereocenters. The first-order valence-electron chi connectivity index (χ1n) is 6.77. The molecule has 0 spiro atoms. The largest absolute Gasteiger partial charge is 0.494 e. The van der Waals surface area contributed by atoms with E-state index >= 15 is 0 Å². The topological polar surface area (TPSA) is 51.2 Å². The van der Waals surface area contributed by atoms with Crippen molar-refractivity contribution in [2.24, 2.45) is 0 Å². The fraction of sp³-hybridized carbons (Fsp3) is 0.250. The molecule has 110 valence electrons. The number of aromatic nitrogens is 1. The number of thiazole rings is 1. The highest BCUT2D eigenvalue weighted by molar-refractivity contribution is 7.09. The molecule has 21 heavy (non-hydrogen) atoms. The first-order chi connectivity index (χ1) is 10.2. The Bertz CT molecular complexity index is 617. The third-order valence-corrected chi connectivity index (χ3v) is 3.55. The van der Waals surface area contributed by atoms with E-state index in [1.807, 2.05) is 43.5 Å². The van der Waals surface area contributed by atoms with Crippen LogP contribution in [0.1, 0.15) is 23.2 Å². The summed E-state index contributed by atoms with van der Waals surface area (Å²) >= 11 is 1.58. The molecule has 0 aliphatic carbocycles. The second-order valence-electron chi connectivity index (χ2n) is 4.41. The van der Waals surface area contributed by atoms with Gasteiger partial charge in [0, 0.05) is 11.5 Å². The van der Waals surface area contributed by atoms with Crippen molar-refractivity contribution in [3.05, 3.63) is 52.0 Å². The summed E-state index contributed by atoms with van der Waals surface area (Å²) < 4.78 is 5.37. The van der Waals surface area contributed by atoms with Crippen LogP contribution in [0.15, 0.2) is 35.7 Å². The van der Waals surface area contributed by atoms with Gasteiger partial charge in [0.05, 0.1) is 23.9 Å². The number of rotatable bonds is 6. The molecular weight excluding hydrogens is 284 g/mol. The zero-order valence-electron chi connectivity index (χ0n) is 12.1. The van der Waals surface area contributed by atoms with Crippen molar-refractivity contribution in [2.75, 3.05) is 6.61 Å². The van der Waals surface area contributed by atoms with Crippen LogP contribution in [-0.2, 0) is 11.3 Å². The van der Waals surface area contributed by atoms with Crippen LogP contribution in [0.5, 0.6) is 5.75 Å². The van der Waals surface area contributed by atoms with Gasteiger partial charge in [-0.05, 0) is 37.6 Å². The van der Waals surface area contributed by atoms with E-state index in [-0.39, 0.29) is 5.91 Å². The van der Waals surface area contributed by atoms with Gasteiger partial charge in [-0.2, -0.15) is 0 Å². The smallest absolute Gasteiger partial charge is 0.244 e. The lowest BCUT2D eigenvalue weighted by Gasteiger charge is -2.02. The van der Waals surface area contributed by atoms with Crippen molar-refractivity contribution in [3.63, 3.8) is 0 Å². The summed E-state index contributed by atoms with van der Waals surface area (Å²) in [5.41, 5.74) is 1.85. The third-order valence-electron chi connectivity index (χ3n) is 2.73. The number of benzene rings is 1. The number of nitrogens with zero attached hydrogens (tertiary/aromatic N) is 1. The highest BCUT2D eigenvalue weighted by Gasteiger charge is 2.00. The van der Waals surface area contributed by atoms with Crippen LogP contribution in [0.4, 0.5) is 0 Å². The highest BCUT2D eigenvalue weighted by atomic mass is 32.1. The SMILES string of the molecule is CCOc1ccc(/C=C/C(=O)NCc2csc(C)n2)cc1. The minimum atomic E-state index is -0.130. The molecule has 2 rings (SSSR count). The monoisotopic (exact) mass is 302 g/mol. The normalized spacial score (nSPS) is 10.8. The Labute approximate surface area is 128 Å². The van der Waals surface area contributed by atoms with E-state index in [1.165, 1.54) is 6.08 Å². The first-order valence-corrected chi connectivity index (χ1v) is 7.65. The Kier molecular flexibility index (Phi) is 5.51. The maximum atomic E-state index is 11.7. The van der Waals surface area contributed by atoms with Crippen LogP contribution in [0.3, 0.4) is 0 Å². The van der Waals surface area contributed by atoms with Gasteiger partial charge in [0.1, 0.15) is 5.75 Å². The fourth-order valence-electron chi connectivity index (χ4n) is 1.74. The van der Waals surface area contributed by atoms with Crippen molar-refractivity contribution in [1.82, 2.24) is 10.3 Å². The molecule has 1 heterocycles. The molecule has 0 bridgehead atoms.